The van der Waals surface area contributed by atoms with Crippen molar-refractivity contribution >= 4 is 17.4 Å². The molecule has 0 saturated heterocycles. The second kappa shape index (κ2) is 7.09. The fourth-order valence-electron chi connectivity index (χ4n) is 1.81. The first kappa shape index (κ1) is 13.8. The molecular weight excluding hydrogens is 258 g/mol. The predicted octanol–water partition coefficient (Wildman–Crippen LogP) is 2.93. The van der Waals surface area contributed by atoms with E-state index in [0.717, 1.165) is 23.5 Å². The number of thioether (sulfide) groups is 1. The molecule has 3 N–H and O–H groups in total. The van der Waals surface area contributed by atoms with E-state index in [0.29, 0.717) is 0 Å². The molecule has 1 aromatic heterocycles. The molecule has 0 aliphatic rings. The summed E-state index contributed by atoms with van der Waals surface area (Å²) in [6, 6.07) is 9.64. The van der Waals surface area contributed by atoms with Gasteiger partial charge in [0.15, 0.2) is 0 Å². The number of hydrogen-bond acceptors (Lipinski definition) is 3. The highest BCUT2D eigenvalue weighted by Gasteiger charge is 2.00. The molecule has 0 spiro atoms. The third-order valence-electron chi connectivity index (χ3n) is 2.79. The molecule has 0 bridgehead atoms. The van der Waals surface area contributed by atoms with E-state index >= 15 is 0 Å². The van der Waals surface area contributed by atoms with Crippen molar-refractivity contribution in [1.82, 2.24) is 10.2 Å². The summed E-state index contributed by atoms with van der Waals surface area (Å²) in [6.07, 6.45) is 1.17. The van der Waals surface area contributed by atoms with Crippen LogP contribution in [0.5, 0.6) is 0 Å². The Kier molecular flexibility index (Phi) is 5.15. The third kappa shape index (κ3) is 4.21. The molecule has 0 fully saturated rings. The zero-order valence-corrected chi connectivity index (χ0v) is 11.8. The predicted molar refractivity (Wildman–Crippen MR) is 83.0 cm³/mol. The smallest absolute Gasteiger partial charge is 0.264 e. The summed E-state index contributed by atoms with van der Waals surface area (Å²) in [7, 11) is 0. The maximum Gasteiger partial charge on any atom is 0.264 e. The average Bonchev–Trinajstić information content (AvgIpc) is 2.86. The molecule has 0 aliphatic heterocycles. The first-order valence-corrected chi connectivity index (χ1v) is 7.65. The average molecular weight is 277 g/mol. The van der Waals surface area contributed by atoms with E-state index in [9.17, 15) is 4.79 Å². The molecule has 0 amide bonds. The molecular formula is C14H19N3OS. The molecule has 102 valence electrons. The Morgan fingerprint density at radius 1 is 1.21 bits per heavy atom. The maximum atomic E-state index is 11.1. The summed E-state index contributed by atoms with van der Waals surface area (Å²) in [5, 5.41) is 8.78. The Morgan fingerprint density at radius 2 is 2.00 bits per heavy atom. The first-order valence-electron chi connectivity index (χ1n) is 6.49. The number of rotatable bonds is 7. The van der Waals surface area contributed by atoms with Crippen LogP contribution in [-0.4, -0.2) is 28.2 Å². The van der Waals surface area contributed by atoms with Gasteiger partial charge in [0.2, 0.25) is 0 Å². The maximum absolute atomic E-state index is 11.1. The van der Waals surface area contributed by atoms with Crippen molar-refractivity contribution in [3.05, 3.63) is 40.7 Å². The monoisotopic (exact) mass is 277 g/mol. The Bertz CT molecular complexity index is 544. The van der Waals surface area contributed by atoms with Gasteiger partial charge in [-0.25, -0.2) is 0 Å². The molecule has 0 radical (unpaired) electrons. The number of nitrogens with one attached hydrogen (secondary N) is 3. The largest absolute Gasteiger partial charge is 0.385 e. The van der Waals surface area contributed by atoms with Gasteiger partial charge in [-0.05, 0) is 35.6 Å². The molecule has 2 aromatic rings. The van der Waals surface area contributed by atoms with Gasteiger partial charge in [0.05, 0.1) is 5.69 Å². The summed E-state index contributed by atoms with van der Waals surface area (Å²) >= 11 is 1.97. The minimum Gasteiger partial charge on any atom is -0.385 e. The van der Waals surface area contributed by atoms with Gasteiger partial charge >= 0.3 is 0 Å². The van der Waals surface area contributed by atoms with E-state index in [2.05, 4.69) is 22.4 Å². The summed E-state index contributed by atoms with van der Waals surface area (Å²) in [5.74, 6) is 2.38. The van der Waals surface area contributed by atoms with E-state index in [4.69, 9.17) is 0 Å². The van der Waals surface area contributed by atoms with Gasteiger partial charge in [-0.2, -0.15) is 11.8 Å². The van der Waals surface area contributed by atoms with Crippen LogP contribution < -0.4 is 10.9 Å². The van der Waals surface area contributed by atoms with Gasteiger partial charge in [0.1, 0.15) is 0 Å². The van der Waals surface area contributed by atoms with Crippen LogP contribution in [0.1, 0.15) is 13.3 Å². The normalized spacial score (nSPS) is 10.6. The van der Waals surface area contributed by atoms with Crippen LogP contribution in [-0.2, 0) is 0 Å². The van der Waals surface area contributed by atoms with Crippen LogP contribution >= 0.6 is 11.8 Å². The number of aromatic amines is 2. The van der Waals surface area contributed by atoms with Crippen molar-refractivity contribution in [1.29, 1.82) is 0 Å². The number of hydrogen-bond donors (Lipinski definition) is 3. The fraction of sp³-hybridized carbons (Fsp3) is 0.357. The zero-order chi connectivity index (χ0) is 13.5. The second-order valence-corrected chi connectivity index (χ2v) is 5.62. The molecule has 0 unspecified atom stereocenters. The molecule has 19 heavy (non-hydrogen) atoms. The second-order valence-electron chi connectivity index (χ2n) is 4.23. The van der Waals surface area contributed by atoms with Crippen LogP contribution in [0, 0.1) is 0 Å². The molecule has 1 heterocycles. The van der Waals surface area contributed by atoms with E-state index in [1.807, 2.05) is 36.0 Å². The zero-order valence-electron chi connectivity index (χ0n) is 11.0. The highest BCUT2D eigenvalue weighted by atomic mass is 32.2. The Hall–Kier alpha value is -1.62. The molecule has 0 atom stereocenters. The number of anilines is 1. The lowest BCUT2D eigenvalue weighted by Crippen LogP contribution is -2.02. The molecule has 2 rings (SSSR count). The van der Waals surface area contributed by atoms with Crippen molar-refractivity contribution in [3.63, 3.8) is 0 Å². The van der Waals surface area contributed by atoms with Gasteiger partial charge < -0.3 is 5.32 Å². The van der Waals surface area contributed by atoms with Crippen LogP contribution in [0.3, 0.4) is 0 Å². The summed E-state index contributed by atoms with van der Waals surface area (Å²) in [4.78, 5) is 11.1. The van der Waals surface area contributed by atoms with Gasteiger partial charge in [-0.1, -0.05) is 19.1 Å². The van der Waals surface area contributed by atoms with E-state index in [1.54, 1.807) is 6.07 Å². The molecule has 5 heteroatoms. The third-order valence-corrected chi connectivity index (χ3v) is 3.78. The summed E-state index contributed by atoms with van der Waals surface area (Å²) in [6.45, 7) is 3.18. The summed E-state index contributed by atoms with van der Waals surface area (Å²) in [5.41, 5.74) is 2.83. The molecule has 0 saturated carbocycles. The van der Waals surface area contributed by atoms with E-state index in [-0.39, 0.29) is 5.56 Å². The molecule has 1 aromatic carbocycles. The Morgan fingerprint density at radius 3 is 2.63 bits per heavy atom. The number of benzene rings is 1. The lowest BCUT2D eigenvalue weighted by atomic mass is 10.1. The van der Waals surface area contributed by atoms with E-state index < -0.39 is 0 Å². The molecule has 0 aliphatic carbocycles. The van der Waals surface area contributed by atoms with Crippen molar-refractivity contribution in [3.8, 4) is 11.3 Å². The highest BCUT2D eigenvalue weighted by Crippen LogP contribution is 2.18. The lowest BCUT2D eigenvalue weighted by Gasteiger charge is -2.06. The van der Waals surface area contributed by atoms with Crippen molar-refractivity contribution < 1.29 is 0 Å². The highest BCUT2D eigenvalue weighted by molar-refractivity contribution is 7.99. The lowest BCUT2D eigenvalue weighted by molar-refractivity contribution is 0.992. The minimum absolute atomic E-state index is 0.106. The van der Waals surface area contributed by atoms with Gasteiger partial charge in [0.25, 0.3) is 5.56 Å². The van der Waals surface area contributed by atoms with Crippen molar-refractivity contribution in [2.24, 2.45) is 0 Å². The minimum atomic E-state index is -0.106. The van der Waals surface area contributed by atoms with Crippen molar-refractivity contribution in [2.75, 3.05) is 23.4 Å². The van der Waals surface area contributed by atoms with Gasteiger partial charge in [-0.15, -0.1) is 0 Å². The van der Waals surface area contributed by atoms with Gasteiger partial charge in [-0.3, -0.25) is 15.0 Å². The number of H-pyrrole nitrogens is 2. The SMILES string of the molecule is CCSCCCNc1ccc(-c2cc(=O)[nH][nH]2)cc1. The Balaban J connectivity index is 1.86. The van der Waals surface area contributed by atoms with E-state index in [1.165, 1.54) is 17.9 Å². The van der Waals surface area contributed by atoms with Gasteiger partial charge in [0, 0.05) is 18.3 Å². The summed E-state index contributed by atoms with van der Waals surface area (Å²) < 4.78 is 0. The fourth-order valence-corrected chi connectivity index (χ4v) is 2.44. The van der Waals surface area contributed by atoms with Crippen LogP contribution in [0.4, 0.5) is 5.69 Å². The topological polar surface area (TPSA) is 60.7 Å². The van der Waals surface area contributed by atoms with Crippen LogP contribution in [0.2, 0.25) is 0 Å². The molecule has 4 nitrogen and oxygen atoms in total. The van der Waals surface area contributed by atoms with Crippen molar-refractivity contribution in [2.45, 2.75) is 13.3 Å². The van der Waals surface area contributed by atoms with Crippen LogP contribution in [0.15, 0.2) is 35.1 Å². The quantitative estimate of drug-likeness (QED) is 0.682. The first-order chi connectivity index (χ1) is 9.29. The standard InChI is InChI=1S/C14H19N3OS/c1-2-19-9-3-8-15-12-6-4-11(5-7-12)13-10-14(18)17-16-13/h4-7,10,15H,2-3,8-9H2,1H3,(H2,16,17,18). The number of aromatic nitrogens is 2. The van der Waals surface area contributed by atoms with Crippen LogP contribution in [0.25, 0.3) is 11.3 Å². The Labute approximate surface area is 117 Å².